The van der Waals surface area contributed by atoms with E-state index in [9.17, 15) is 8.42 Å². The van der Waals surface area contributed by atoms with Gasteiger partial charge in [-0.1, -0.05) is 31.2 Å². The van der Waals surface area contributed by atoms with Gasteiger partial charge in [0.1, 0.15) is 5.76 Å². The van der Waals surface area contributed by atoms with E-state index in [0.717, 1.165) is 6.42 Å². The molecule has 0 saturated carbocycles. The molecule has 5 nitrogen and oxygen atoms in total. The Morgan fingerprint density at radius 3 is 2.40 bits per heavy atom. The molecule has 0 unspecified atom stereocenters. The second-order valence-electron chi connectivity index (χ2n) is 4.49. The van der Waals surface area contributed by atoms with E-state index in [2.05, 4.69) is 24.4 Å². The fourth-order valence-electron chi connectivity index (χ4n) is 2.00. The van der Waals surface area contributed by atoms with Crippen molar-refractivity contribution >= 4 is 10.0 Å². The third-order valence-corrected chi connectivity index (χ3v) is 3.81. The molecule has 6 heteroatoms. The second kappa shape index (κ2) is 6.21. The van der Waals surface area contributed by atoms with Gasteiger partial charge in [-0.05, 0) is 29.7 Å². The highest BCUT2D eigenvalue weighted by molar-refractivity contribution is 7.89. The van der Waals surface area contributed by atoms with Gasteiger partial charge < -0.3 is 9.73 Å². The van der Waals surface area contributed by atoms with Crippen molar-refractivity contribution in [1.82, 2.24) is 5.32 Å². The largest absolute Gasteiger partial charge is 0.447 e. The summed E-state index contributed by atoms with van der Waals surface area (Å²) in [7, 11) is -3.76. The SMILES string of the molecule is CCc1ccccc1CNCc1ccc(S(N)(=O)=O)o1. The number of primary sulfonamides is 1. The maximum Gasteiger partial charge on any atom is 0.271 e. The second-order valence-corrected chi connectivity index (χ2v) is 5.98. The maximum atomic E-state index is 11.1. The molecule has 1 aromatic carbocycles. The topological polar surface area (TPSA) is 85.3 Å². The monoisotopic (exact) mass is 294 g/mol. The third-order valence-electron chi connectivity index (χ3n) is 3.03. The van der Waals surface area contributed by atoms with Crippen LogP contribution in [0.15, 0.2) is 45.9 Å². The van der Waals surface area contributed by atoms with Crippen molar-refractivity contribution in [2.45, 2.75) is 31.5 Å². The van der Waals surface area contributed by atoms with E-state index in [1.807, 2.05) is 12.1 Å². The normalized spacial score (nSPS) is 11.7. The van der Waals surface area contributed by atoms with Crippen LogP contribution in [-0.2, 0) is 29.5 Å². The number of rotatable bonds is 6. The average molecular weight is 294 g/mol. The lowest BCUT2D eigenvalue weighted by Gasteiger charge is -2.08. The Labute approximate surface area is 118 Å². The first-order valence-corrected chi connectivity index (χ1v) is 7.94. The van der Waals surface area contributed by atoms with Gasteiger partial charge in [-0.25, -0.2) is 13.6 Å². The summed E-state index contributed by atoms with van der Waals surface area (Å²) in [6, 6.07) is 11.2. The van der Waals surface area contributed by atoms with Crippen molar-refractivity contribution in [2.75, 3.05) is 0 Å². The predicted octanol–water partition coefficient (Wildman–Crippen LogP) is 1.78. The summed E-state index contributed by atoms with van der Waals surface area (Å²) in [5.41, 5.74) is 2.53. The zero-order valence-electron chi connectivity index (χ0n) is 11.3. The van der Waals surface area contributed by atoms with E-state index in [-0.39, 0.29) is 5.09 Å². The van der Waals surface area contributed by atoms with Gasteiger partial charge in [0.05, 0.1) is 6.54 Å². The van der Waals surface area contributed by atoms with Crippen LogP contribution in [0.4, 0.5) is 0 Å². The molecule has 0 saturated heterocycles. The predicted molar refractivity (Wildman–Crippen MR) is 76.4 cm³/mol. The van der Waals surface area contributed by atoms with E-state index in [1.165, 1.54) is 17.2 Å². The highest BCUT2D eigenvalue weighted by Crippen LogP contribution is 2.13. The average Bonchev–Trinajstić information content (AvgIpc) is 2.88. The van der Waals surface area contributed by atoms with E-state index < -0.39 is 10.0 Å². The lowest BCUT2D eigenvalue weighted by atomic mass is 10.1. The number of sulfonamides is 1. The maximum absolute atomic E-state index is 11.1. The van der Waals surface area contributed by atoms with Crippen LogP contribution in [0.1, 0.15) is 23.8 Å². The van der Waals surface area contributed by atoms with Crippen LogP contribution in [0.2, 0.25) is 0 Å². The molecular formula is C14H18N2O3S. The smallest absolute Gasteiger partial charge is 0.271 e. The molecule has 0 atom stereocenters. The van der Waals surface area contributed by atoms with E-state index in [1.54, 1.807) is 6.07 Å². The van der Waals surface area contributed by atoms with Gasteiger partial charge in [-0.2, -0.15) is 0 Å². The van der Waals surface area contributed by atoms with E-state index in [0.29, 0.717) is 18.8 Å². The fourth-order valence-corrected chi connectivity index (χ4v) is 2.48. The van der Waals surface area contributed by atoms with Crippen molar-refractivity contribution in [3.05, 3.63) is 53.3 Å². The van der Waals surface area contributed by atoms with Gasteiger partial charge in [-0.3, -0.25) is 0 Å². The molecular weight excluding hydrogens is 276 g/mol. The highest BCUT2D eigenvalue weighted by Gasteiger charge is 2.12. The number of benzene rings is 1. The van der Waals surface area contributed by atoms with Crippen LogP contribution < -0.4 is 10.5 Å². The molecule has 108 valence electrons. The van der Waals surface area contributed by atoms with Gasteiger partial charge >= 0.3 is 0 Å². The van der Waals surface area contributed by atoms with Crippen LogP contribution in [0.3, 0.4) is 0 Å². The number of nitrogens with two attached hydrogens (primary N) is 1. The molecule has 2 rings (SSSR count). The molecule has 0 aliphatic rings. The molecule has 0 aliphatic carbocycles. The quantitative estimate of drug-likeness (QED) is 0.850. The molecule has 0 amide bonds. The molecule has 1 aromatic heterocycles. The van der Waals surface area contributed by atoms with Crippen LogP contribution >= 0.6 is 0 Å². The number of hydrogen-bond acceptors (Lipinski definition) is 4. The minimum atomic E-state index is -3.76. The summed E-state index contributed by atoms with van der Waals surface area (Å²) < 4.78 is 27.3. The van der Waals surface area contributed by atoms with Crippen molar-refractivity contribution in [1.29, 1.82) is 0 Å². The number of furan rings is 1. The number of aryl methyl sites for hydroxylation is 1. The molecule has 1 heterocycles. The first-order chi connectivity index (χ1) is 9.50. The Morgan fingerprint density at radius 1 is 1.10 bits per heavy atom. The van der Waals surface area contributed by atoms with Gasteiger partial charge in [0.2, 0.25) is 5.09 Å². The minimum absolute atomic E-state index is 0.205. The zero-order valence-corrected chi connectivity index (χ0v) is 12.1. The molecule has 0 radical (unpaired) electrons. The van der Waals surface area contributed by atoms with Crippen molar-refractivity contribution < 1.29 is 12.8 Å². The molecule has 0 spiro atoms. The Balaban J connectivity index is 1.95. The molecule has 20 heavy (non-hydrogen) atoms. The van der Waals surface area contributed by atoms with E-state index >= 15 is 0 Å². The van der Waals surface area contributed by atoms with Crippen molar-refractivity contribution in [3.63, 3.8) is 0 Å². The summed E-state index contributed by atoms with van der Waals surface area (Å²) in [5.74, 6) is 0.544. The Morgan fingerprint density at radius 2 is 1.80 bits per heavy atom. The Bertz CT molecular complexity index is 677. The molecule has 3 N–H and O–H groups in total. The zero-order chi connectivity index (χ0) is 14.6. The van der Waals surface area contributed by atoms with Crippen molar-refractivity contribution in [2.24, 2.45) is 5.14 Å². The molecule has 2 aromatic rings. The standard InChI is InChI=1S/C14H18N2O3S/c1-2-11-5-3-4-6-12(11)9-16-10-13-7-8-14(19-13)20(15,17)18/h3-8,16H,2,9-10H2,1H3,(H2,15,17,18). The Kier molecular flexibility index (Phi) is 4.59. The lowest BCUT2D eigenvalue weighted by molar-refractivity contribution is 0.402. The van der Waals surface area contributed by atoms with Gasteiger partial charge in [-0.15, -0.1) is 0 Å². The minimum Gasteiger partial charge on any atom is -0.447 e. The fraction of sp³-hybridized carbons (Fsp3) is 0.286. The summed E-state index contributed by atoms with van der Waals surface area (Å²) in [6.45, 7) is 3.27. The van der Waals surface area contributed by atoms with Crippen molar-refractivity contribution in [3.8, 4) is 0 Å². The van der Waals surface area contributed by atoms with Crippen LogP contribution in [0, 0.1) is 0 Å². The highest BCUT2D eigenvalue weighted by atomic mass is 32.2. The molecule has 0 bridgehead atoms. The summed E-state index contributed by atoms with van der Waals surface area (Å²) in [4.78, 5) is 0. The Hall–Kier alpha value is -1.63. The summed E-state index contributed by atoms with van der Waals surface area (Å²) in [6.07, 6.45) is 0.980. The van der Waals surface area contributed by atoms with Crippen LogP contribution in [0.25, 0.3) is 0 Å². The van der Waals surface area contributed by atoms with Gasteiger partial charge in [0.25, 0.3) is 10.0 Å². The van der Waals surface area contributed by atoms with Crippen LogP contribution in [-0.4, -0.2) is 8.42 Å². The van der Waals surface area contributed by atoms with Crippen LogP contribution in [0.5, 0.6) is 0 Å². The third kappa shape index (κ3) is 3.69. The summed E-state index contributed by atoms with van der Waals surface area (Å²) in [5, 5.41) is 8.01. The van der Waals surface area contributed by atoms with E-state index in [4.69, 9.17) is 9.56 Å². The molecule has 0 aliphatic heterocycles. The first kappa shape index (κ1) is 14.8. The molecule has 0 fully saturated rings. The number of nitrogens with one attached hydrogen (secondary N) is 1. The first-order valence-electron chi connectivity index (χ1n) is 6.39. The van der Waals surface area contributed by atoms with Gasteiger partial charge in [0, 0.05) is 6.54 Å². The number of hydrogen-bond donors (Lipinski definition) is 2. The lowest BCUT2D eigenvalue weighted by Crippen LogP contribution is -2.14. The van der Waals surface area contributed by atoms with Gasteiger partial charge in [0.15, 0.2) is 0 Å². The summed E-state index contributed by atoms with van der Waals surface area (Å²) >= 11 is 0.